The molecule has 4 nitrogen and oxygen atoms in total. The molecule has 0 radical (unpaired) electrons. The average Bonchev–Trinajstić information content (AvgIpc) is 2.68. The van der Waals surface area contributed by atoms with Gasteiger partial charge in [-0.05, 0) is 49.7 Å². The number of anilines is 2. The second-order valence-electron chi connectivity index (χ2n) is 6.33. The summed E-state index contributed by atoms with van der Waals surface area (Å²) in [6, 6.07) is 17.6. The maximum Gasteiger partial charge on any atom is 0.243 e. The van der Waals surface area contributed by atoms with Gasteiger partial charge in [0.2, 0.25) is 5.91 Å². The normalized spacial score (nSPS) is 10.4. The predicted molar refractivity (Wildman–Crippen MR) is 109 cm³/mol. The molecule has 0 unspecified atom stereocenters. The molecule has 0 heterocycles. The summed E-state index contributed by atoms with van der Waals surface area (Å²) in [5.74, 6) is 0.822. The number of para-hydroxylation sites is 1. The van der Waals surface area contributed by atoms with Crippen molar-refractivity contribution in [2.75, 3.05) is 29.9 Å². The van der Waals surface area contributed by atoms with E-state index in [1.165, 1.54) is 19.3 Å². The van der Waals surface area contributed by atoms with Gasteiger partial charge in [-0.1, -0.05) is 44.4 Å². The number of unbranched alkanes of at least 4 members (excludes halogenated alkanes) is 3. The molecule has 1 amide bonds. The molecule has 0 spiro atoms. The number of ether oxygens (including phenoxy) is 1. The number of rotatable bonds is 11. The van der Waals surface area contributed by atoms with Crippen LogP contribution in [0.3, 0.4) is 0 Å². The Morgan fingerprint density at radius 3 is 2.35 bits per heavy atom. The van der Waals surface area contributed by atoms with E-state index in [-0.39, 0.29) is 5.91 Å². The predicted octanol–water partition coefficient (Wildman–Crippen LogP) is 5.11. The molecule has 0 aliphatic heterocycles. The molecular formula is C22H30N2O2. The van der Waals surface area contributed by atoms with Gasteiger partial charge in [0.25, 0.3) is 0 Å². The van der Waals surface area contributed by atoms with Crippen LogP contribution in [0.4, 0.5) is 11.4 Å². The second kappa shape index (κ2) is 11.2. The lowest BCUT2D eigenvalue weighted by Crippen LogP contribution is -2.33. The van der Waals surface area contributed by atoms with Gasteiger partial charge in [-0.25, -0.2) is 0 Å². The van der Waals surface area contributed by atoms with Crippen LogP contribution in [0.15, 0.2) is 54.6 Å². The van der Waals surface area contributed by atoms with Crippen molar-refractivity contribution in [1.82, 2.24) is 0 Å². The fraction of sp³-hybridized carbons (Fsp3) is 0.409. The monoisotopic (exact) mass is 354 g/mol. The van der Waals surface area contributed by atoms with E-state index in [0.717, 1.165) is 36.7 Å². The number of benzene rings is 2. The third-order valence-corrected chi connectivity index (χ3v) is 4.24. The summed E-state index contributed by atoms with van der Waals surface area (Å²) in [6.45, 7) is 6.10. The Labute approximate surface area is 157 Å². The minimum atomic E-state index is -0.0241. The van der Waals surface area contributed by atoms with Crippen molar-refractivity contribution < 1.29 is 9.53 Å². The van der Waals surface area contributed by atoms with E-state index >= 15 is 0 Å². The summed E-state index contributed by atoms with van der Waals surface area (Å²) < 4.78 is 5.73. The maximum absolute atomic E-state index is 12.3. The van der Waals surface area contributed by atoms with Crippen LogP contribution < -0.4 is 15.0 Å². The summed E-state index contributed by atoms with van der Waals surface area (Å²) >= 11 is 0. The summed E-state index contributed by atoms with van der Waals surface area (Å²) in [5, 5.41) is 2.95. The highest BCUT2D eigenvalue weighted by molar-refractivity contribution is 5.94. The number of nitrogens with zero attached hydrogens (tertiary/aromatic N) is 1. The molecule has 2 aromatic rings. The standard InChI is InChI=1S/C22H30N2O2/c1-3-5-6-10-17-26-21-15-13-19(14-16-21)23-22(25)18-24(4-2)20-11-8-7-9-12-20/h7-9,11-16H,3-6,10,17-18H2,1-2H3,(H,23,25). The summed E-state index contributed by atoms with van der Waals surface area (Å²) in [7, 11) is 0. The maximum atomic E-state index is 12.3. The zero-order valence-electron chi connectivity index (χ0n) is 15.9. The molecule has 140 valence electrons. The second-order valence-corrected chi connectivity index (χ2v) is 6.33. The number of carbonyl (C=O) groups excluding carboxylic acids is 1. The topological polar surface area (TPSA) is 41.6 Å². The van der Waals surface area contributed by atoms with Gasteiger partial charge in [0.1, 0.15) is 5.75 Å². The number of hydrogen-bond donors (Lipinski definition) is 1. The molecule has 1 N–H and O–H groups in total. The van der Waals surface area contributed by atoms with Gasteiger partial charge in [-0.15, -0.1) is 0 Å². The largest absolute Gasteiger partial charge is 0.494 e. The van der Waals surface area contributed by atoms with Crippen molar-refractivity contribution in [1.29, 1.82) is 0 Å². The van der Waals surface area contributed by atoms with Crippen molar-refractivity contribution in [3.05, 3.63) is 54.6 Å². The zero-order chi connectivity index (χ0) is 18.6. The Kier molecular flexibility index (Phi) is 8.53. The van der Waals surface area contributed by atoms with Crippen LogP contribution in [0.5, 0.6) is 5.75 Å². The molecule has 0 saturated heterocycles. The van der Waals surface area contributed by atoms with Crippen molar-refractivity contribution >= 4 is 17.3 Å². The molecule has 0 saturated carbocycles. The molecule has 26 heavy (non-hydrogen) atoms. The van der Waals surface area contributed by atoms with Crippen LogP contribution in [0.25, 0.3) is 0 Å². The molecule has 0 atom stereocenters. The molecule has 0 aliphatic carbocycles. The van der Waals surface area contributed by atoms with Crippen LogP contribution in [0.2, 0.25) is 0 Å². The minimum Gasteiger partial charge on any atom is -0.494 e. The van der Waals surface area contributed by atoms with E-state index in [1.807, 2.05) is 66.4 Å². The third-order valence-electron chi connectivity index (χ3n) is 4.24. The van der Waals surface area contributed by atoms with E-state index in [9.17, 15) is 4.79 Å². The average molecular weight is 354 g/mol. The van der Waals surface area contributed by atoms with Gasteiger partial charge in [-0.2, -0.15) is 0 Å². The van der Waals surface area contributed by atoms with Gasteiger partial charge in [0, 0.05) is 17.9 Å². The van der Waals surface area contributed by atoms with Crippen LogP contribution in [0.1, 0.15) is 39.5 Å². The lowest BCUT2D eigenvalue weighted by atomic mass is 10.2. The molecule has 0 aromatic heterocycles. The number of carbonyl (C=O) groups is 1. The Morgan fingerprint density at radius 2 is 1.69 bits per heavy atom. The molecular weight excluding hydrogens is 324 g/mol. The Hall–Kier alpha value is -2.49. The minimum absolute atomic E-state index is 0.0241. The van der Waals surface area contributed by atoms with Crippen molar-refractivity contribution in [3.8, 4) is 5.75 Å². The van der Waals surface area contributed by atoms with Crippen molar-refractivity contribution in [2.24, 2.45) is 0 Å². The summed E-state index contributed by atoms with van der Waals surface area (Å²) in [5.41, 5.74) is 1.84. The number of amides is 1. The van der Waals surface area contributed by atoms with E-state index in [1.54, 1.807) is 0 Å². The van der Waals surface area contributed by atoms with E-state index < -0.39 is 0 Å². The lowest BCUT2D eigenvalue weighted by Gasteiger charge is -2.22. The lowest BCUT2D eigenvalue weighted by molar-refractivity contribution is -0.115. The first-order valence-electron chi connectivity index (χ1n) is 9.55. The highest BCUT2D eigenvalue weighted by atomic mass is 16.5. The third kappa shape index (κ3) is 6.79. The van der Waals surface area contributed by atoms with Crippen LogP contribution in [-0.2, 0) is 4.79 Å². The Balaban J connectivity index is 1.79. The number of likely N-dealkylation sites (N-methyl/N-ethyl adjacent to an activating group) is 1. The SMILES string of the molecule is CCCCCCOc1ccc(NC(=O)CN(CC)c2ccccc2)cc1. The first-order chi connectivity index (χ1) is 12.7. The summed E-state index contributed by atoms with van der Waals surface area (Å²) in [4.78, 5) is 14.4. The van der Waals surface area contributed by atoms with Gasteiger partial charge in [0.05, 0.1) is 13.2 Å². The molecule has 0 bridgehead atoms. The molecule has 0 aliphatic rings. The first kappa shape index (κ1) is 19.8. The quantitative estimate of drug-likeness (QED) is 0.570. The highest BCUT2D eigenvalue weighted by Crippen LogP contribution is 2.17. The van der Waals surface area contributed by atoms with E-state index in [2.05, 4.69) is 12.2 Å². The molecule has 0 fully saturated rings. The van der Waals surface area contributed by atoms with Gasteiger partial charge in [0.15, 0.2) is 0 Å². The van der Waals surface area contributed by atoms with Gasteiger partial charge in [-0.3, -0.25) is 4.79 Å². The molecule has 2 aromatic carbocycles. The van der Waals surface area contributed by atoms with Crippen molar-refractivity contribution in [2.45, 2.75) is 39.5 Å². The van der Waals surface area contributed by atoms with Gasteiger partial charge < -0.3 is 15.0 Å². The highest BCUT2D eigenvalue weighted by Gasteiger charge is 2.10. The van der Waals surface area contributed by atoms with Crippen molar-refractivity contribution in [3.63, 3.8) is 0 Å². The smallest absolute Gasteiger partial charge is 0.243 e. The Morgan fingerprint density at radius 1 is 0.962 bits per heavy atom. The van der Waals surface area contributed by atoms with E-state index in [0.29, 0.717) is 6.54 Å². The summed E-state index contributed by atoms with van der Waals surface area (Å²) in [6.07, 6.45) is 4.78. The van der Waals surface area contributed by atoms with Crippen LogP contribution in [0, 0.1) is 0 Å². The van der Waals surface area contributed by atoms with Crippen LogP contribution in [-0.4, -0.2) is 25.6 Å². The fourth-order valence-corrected chi connectivity index (χ4v) is 2.75. The molecule has 2 rings (SSSR count). The fourth-order valence-electron chi connectivity index (χ4n) is 2.75. The van der Waals surface area contributed by atoms with E-state index in [4.69, 9.17) is 4.74 Å². The number of hydrogen-bond acceptors (Lipinski definition) is 3. The number of nitrogens with one attached hydrogen (secondary N) is 1. The van der Waals surface area contributed by atoms with Crippen LogP contribution >= 0.6 is 0 Å². The zero-order valence-corrected chi connectivity index (χ0v) is 15.9. The Bertz CT molecular complexity index is 641. The molecule has 4 heteroatoms. The van der Waals surface area contributed by atoms with Gasteiger partial charge >= 0.3 is 0 Å². The first-order valence-corrected chi connectivity index (χ1v) is 9.55.